The van der Waals surface area contributed by atoms with Crippen LogP contribution in [0.3, 0.4) is 0 Å². The van der Waals surface area contributed by atoms with Gasteiger partial charge in [-0.15, -0.1) is 10.2 Å². The first kappa shape index (κ1) is 20.8. The van der Waals surface area contributed by atoms with Gasteiger partial charge < -0.3 is 14.8 Å². The zero-order valence-electron chi connectivity index (χ0n) is 15.6. The maximum Gasteiger partial charge on any atom is 0.282 e. The van der Waals surface area contributed by atoms with Crippen LogP contribution in [0.4, 0.5) is 4.39 Å². The molecule has 0 aliphatic rings. The lowest BCUT2D eigenvalue weighted by molar-refractivity contribution is 0.0950. The van der Waals surface area contributed by atoms with Crippen LogP contribution in [0.25, 0.3) is 11.1 Å². The number of nitrogens with one attached hydrogen (secondary N) is 1. The Morgan fingerprint density at radius 1 is 1.10 bits per heavy atom. The van der Waals surface area contributed by atoms with Crippen molar-refractivity contribution in [1.82, 2.24) is 15.5 Å². The molecule has 0 radical (unpaired) electrons. The fraction of sp³-hybridized carbons (Fsp3) is 0.150. The molecule has 0 fully saturated rings. The van der Waals surface area contributed by atoms with Gasteiger partial charge in [-0.3, -0.25) is 4.79 Å². The maximum atomic E-state index is 12.9. The molecule has 1 amide bonds. The summed E-state index contributed by atoms with van der Waals surface area (Å²) in [6, 6.07) is 11.2. The van der Waals surface area contributed by atoms with Gasteiger partial charge in [0.2, 0.25) is 5.01 Å². The monoisotopic (exact) mass is 433 g/mol. The first-order chi connectivity index (χ1) is 14.0. The van der Waals surface area contributed by atoms with Gasteiger partial charge in [-0.05, 0) is 41.5 Å². The Labute approximate surface area is 176 Å². The smallest absolute Gasteiger partial charge is 0.282 e. The molecule has 150 valence electrons. The zero-order chi connectivity index (χ0) is 20.8. The largest absolute Gasteiger partial charge is 0.493 e. The van der Waals surface area contributed by atoms with Crippen molar-refractivity contribution in [2.45, 2.75) is 6.54 Å². The Morgan fingerprint density at radius 3 is 2.48 bits per heavy atom. The normalized spacial score (nSPS) is 11.2. The van der Waals surface area contributed by atoms with Crippen molar-refractivity contribution in [1.29, 1.82) is 0 Å². The Balaban J connectivity index is 1.69. The minimum atomic E-state index is -0.381. The molecule has 1 N–H and O–H groups in total. The SMILES string of the molecule is COc1ccc(/C=C(\Cl)c2nnc(C(=O)NCc3ccc(F)cc3)s2)cc1OC. The first-order valence-corrected chi connectivity index (χ1v) is 9.65. The highest BCUT2D eigenvalue weighted by molar-refractivity contribution is 7.15. The van der Waals surface area contributed by atoms with E-state index >= 15 is 0 Å². The predicted octanol–water partition coefficient (Wildman–Crippen LogP) is 4.36. The van der Waals surface area contributed by atoms with Gasteiger partial charge in [0.05, 0.1) is 19.3 Å². The van der Waals surface area contributed by atoms with Crippen LogP contribution in [0.5, 0.6) is 11.5 Å². The molecule has 6 nitrogen and oxygen atoms in total. The third-order valence-electron chi connectivity index (χ3n) is 3.89. The summed E-state index contributed by atoms with van der Waals surface area (Å²) in [5.41, 5.74) is 1.56. The van der Waals surface area contributed by atoms with Crippen LogP contribution in [0.15, 0.2) is 42.5 Å². The van der Waals surface area contributed by atoms with Crippen LogP contribution < -0.4 is 14.8 Å². The van der Waals surface area contributed by atoms with E-state index in [9.17, 15) is 9.18 Å². The first-order valence-electron chi connectivity index (χ1n) is 8.46. The number of nitrogens with zero attached hydrogens (tertiary/aromatic N) is 2. The lowest BCUT2D eigenvalue weighted by atomic mass is 10.2. The quantitative estimate of drug-likeness (QED) is 0.599. The standard InChI is InChI=1S/C20H17ClFN3O3S/c1-27-16-8-5-13(10-17(16)28-2)9-15(21)19-24-25-20(29-19)18(26)23-11-12-3-6-14(22)7-4-12/h3-10H,11H2,1-2H3,(H,23,26)/b15-9-. The highest BCUT2D eigenvalue weighted by Gasteiger charge is 2.15. The zero-order valence-corrected chi connectivity index (χ0v) is 17.2. The summed E-state index contributed by atoms with van der Waals surface area (Å²) in [5.74, 6) is 0.471. The van der Waals surface area contributed by atoms with Gasteiger partial charge in [-0.2, -0.15) is 0 Å². The molecule has 0 aliphatic carbocycles. The van der Waals surface area contributed by atoms with Crippen molar-refractivity contribution in [2.24, 2.45) is 0 Å². The van der Waals surface area contributed by atoms with E-state index in [4.69, 9.17) is 21.1 Å². The van der Waals surface area contributed by atoms with E-state index in [1.54, 1.807) is 44.6 Å². The summed E-state index contributed by atoms with van der Waals surface area (Å²) < 4.78 is 23.4. The van der Waals surface area contributed by atoms with E-state index in [0.717, 1.165) is 22.5 Å². The molecule has 0 saturated heterocycles. The summed E-state index contributed by atoms with van der Waals surface area (Å²) in [6.07, 6.45) is 1.70. The summed E-state index contributed by atoms with van der Waals surface area (Å²) in [5, 5.41) is 11.5. The molecule has 0 unspecified atom stereocenters. The Kier molecular flexibility index (Phi) is 6.79. The van der Waals surface area contributed by atoms with Crippen LogP contribution >= 0.6 is 22.9 Å². The fourth-order valence-electron chi connectivity index (χ4n) is 2.42. The summed E-state index contributed by atoms with van der Waals surface area (Å²) in [7, 11) is 3.11. The third kappa shape index (κ3) is 5.30. The average molecular weight is 434 g/mol. The lowest BCUT2D eigenvalue weighted by Gasteiger charge is -2.07. The molecule has 0 spiro atoms. The topological polar surface area (TPSA) is 73.3 Å². The molecule has 3 aromatic rings. The number of hydrogen-bond acceptors (Lipinski definition) is 6. The van der Waals surface area contributed by atoms with Crippen molar-refractivity contribution in [3.63, 3.8) is 0 Å². The summed E-state index contributed by atoms with van der Waals surface area (Å²) >= 11 is 7.42. The minimum absolute atomic E-state index is 0.181. The second kappa shape index (κ2) is 9.49. The molecule has 3 rings (SSSR count). The Hall–Kier alpha value is -2.97. The van der Waals surface area contributed by atoms with Crippen molar-refractivity contribution in [3.05, 3.63) is 69.4 Å². The van der Waals surface area contributed by atoms with E-state index in [2.05, 4.69) is 15.5 Å². The van der Waals surface area contributed by atoms with Gasteiger partial charge in [0, 0.05) is 6.54 Å². The molecule has 29 heavy (non-hydrogen) atoms. The van der Waals surface area contributed by atoms with E-state index in [1.807, 2.05) is 6.07 Å². The second-order valence-electron chi connectivity index (χ2n) is 5.83. The predicted molar refractivity (Wildman–Crippen MR) is 111 cm³/mol. The van der Waals surface area contributed by atoms with Crippen LogP contribution in [0.2, 0.25) is 0 Å². The van der Waals surface area contributed by atoms with E-state index in [-0.39, 0.29) is 23.3 Å². The Bertz CT molecular complexity index is 1040. The van der Waals surface area contributed by atoms with Gasteiger partial charge in [-0.25, -0.2) is 4.39 Å². The lowest BCUT2D eigenvalue weighted by Crippen LogP contribution is -2.22. The molecule has 1 aromatic heterocycles. The molecule has 0 aliphatic heterocycles. The average Bonchev–Trinajstić information content (AvgIpc) is 3.23. The number of aromatic nitrogens is 2. The van der Waals surface area contributed by atoms with Gasteiger partial charge >= 0.3 is 0 Å². The van der Waals surface area contributed by atoms with Crippen LogP contribution in [-0.4, -0.2) is 30.3 Å². The number of benzene rings is 2. The van der Waals surface area contributed by atoms with Gasteiger partial charge in [0.1, 0.15) is 5.82 Å². The molecule has 0 atom stereocenters. The van der Waals surface area contributed by atoms with Gasteiger partial charge in [0.15, 0.2) is 16.5 Å². The fourth-order valence-corrected chi connectivity index (χ4v) is 3.37. The highest BCUT2D eigenvalue weighted by Crippen LogP contribution is 2.31. The summed E-state index contributed by atoms with van der Waals surface area (Å²) in [4.78, 5) is 12.3. The van der Waals surface area contributed by atoms with Crippen LogP contribution in [0, 0.1) is 5.82 Å². The molecule has 0 bridgehead atoms. The van der Waals surface area contributed by atoms with Crippen molar-refractivity contribution in [2.75, 3.05) is 14.2 Å². The van der Waals surface area contributed by atoms with Crippen LogP contribution in [-0.2, 0) is 6.54 Å². The minimum Gasteiger partial charge on any atom is -0.493 e. The number of carbonyl (C=O) groups excluding carboxylic acids is 1. The number of amides is 1. The van der Waals surface area contributed by atoms with Gasteiger partial charge in [-0.1, -0.05) is 41.1 Å². The van der Waals surface area contributed by atoms with E-state index in [0.29, 0.717) is 21.5 Å². The molecule has 9 heteroatoms. The number of halogens is 2. The number of hydrogen-bond donors (Lipinski definition) is 1. The number of ether oxygens (including phenoxy) is 2. The van der Waals surface area contributed by atoms with Crippen molar-refractivity contribution in [3.8, 4) is 11.5 Å². The molecule has 1 heterocycles. The van der Waals surface area contributed by atoms with E-state index < -0.39 is 0 Å². The van der Waals surface area contributed by atoms with Crippen LogP contribution in [0.1, 0.15) is 25.9 Å². The molecule has 2 aromatic carbocycles. The van der Waals surface area contributed by atoms with E-state index in [1.165, 1.54) is 12.1 Å². The molecular weight excluding hydrogens is 417 g/mol. The Morgan fingerprint density at radius 2 is 1.79 bits per heavy atom. The van der Waals surface area contributed by atoms with Gasteiger partial charge in [0.25, 0.3) is 5.91 Å². The van der Waals surface area contributed by atoms with Crippen molar-refractivity contribution >= 4 is 40.0 Å². The molecular formula is C20H17ClFN3O3S. The second-order valence-corrected chi connectivity index (χ2v) is 7.21. The maximum absolute atomic E-state index is 12.9. The number of rotatable bonds is 7. The molecule has 0 saturated carbocycles. The third-order valence-corrected chi connectivity index (χ3v) is 5.25. The number of carbonyl (C=O) groups is 1. The summed E-state index contributed by atoms with van der Waals surface area (Å²) in [6.45, 7) is 0.253. The van der Waals surface area contributed by atoms with Crippen molar-refractivity contribution < 1.29 is 18.7 Å². The number of methoxy groups -OCH3 is 2. The highest BCUT2D eigenvalue weighted by atomic mass is 35.5.